The van der Waals surface area contributed by atoms with Gasteiger partial charge in [0.2, 0.25) is 5.88 Å². The summed E-state index contributed by atoms with van der Waals surface area (Å²) in [7, 11) is 1.64. The van der Waals surface area contributed by atoms with Crippen LogP contribution in [0.2, 0.25) is 0 Å². The van der Waals surface area contributed by atoms with E-state index in [9.17, 15) is 4.79 Å². The van der Waals surface area contributed by atoms with Crippen LogP contribution in [0.25, 0.3) is 0 Å². The summed E-state index contributed by atoms with van der Waals surface area (Å²) in [5, 5.41) is 0. The van der Waals surface area contributed by atoms with Gasteiger partial charge in [0.25, 0.3) is 5.91 Å². The average Bonchev–Trinajstić information content (AvgIpc) is 2.74. The van der Waals surface area contributed by atoms with Gasteiger partial charge in [-0.15, -0.1) is 0 Å². The van der Waals surface area contributed by atoms with Crippen molar-refractivity contribution >= 4 is 5.91 Å². The molecule has 0 N–H and O–H groups in total. The number of fused-ring (bicyclic) bond motifs is 1. The van der Waals surface area contributed by atoms with Crippen molar-refractivity contribution in [1.82, 2.24) is 9.88 Å². The van der Waals surface area contributed by atoms with Gasteiger partial charge in [-0.3, -0.25) is 4.79 Å². The molecule has 2 aromatic rings. The van der Waals surface area contributed by atoms with E-state index in [2.05, 4.69) is 4.98 Å². The molecule has 0 radical (unpaired) electrons. The maximum absolute atomic E-state index is 13.0. The first kappa shape index (κ1) is 20.9. The van der Waals surface area contributed by atoms with Crippen LogP contribution in [0.15, 0.2) is 30.3 Å². The quantitative estimate of drug-likeness (QED) is 0.603. The van der Waals surface area contributed by atoms with Gasteiger partial charge in [-0.25, -0.2) is 4.98 Å². The third-order valence-electron chi connectivity index (χ3n) is 4.64. The highest BCUT2D eigenvalue weighted by Gasteiger charge is 2.24. The Bertz CT molecular complexity index is 840. The summed E-state index contributed by atoms with van der Waals surface area (Å²) in [6.45, 7) is 7.00. The Morgan fingerprint density at radius 1 is 1.03 bits per heavy atom. The van der Waals surface area contributed by atoms with Gasteiger partial charge in [0.1, 0.15) is 6.61 Å². The lowest BCUT2D eigenvalue weighted by Gasteiger charge is -2.28. The predicted molar refractivity (Wildman–Crippen MR) is 109 cm³/mol. The molecule has 156 valence electrons. The van der Waals surface area contributed by atoms with Crippen molar-refractivity contribution in [3.05, 3.63) is 47.2 Å². The van der Waals surface area contributed by atoms with Crippen LogP contribution in [-0.4, -0.2) is 55.9 Å². The lowest BCUT2D eigenvalue weighted by Crippen LogP contribution is -2.36. The second-order valence-electron chi connectivity index (χ2n) is 6.60. The van der Waals surface area contributed by atoms with Crippen molar-refractivity contribution in [2.24, 2.45) is 0 Å². The Labute approximate surface area is 171 Å². The molecule has 1 aliphatic heterocycles. The van der Waals surface area contributed by atoms with E-state index in [0.29, 0.717) is 68.9 Å². The summed E-state index contributed by atoms with van der Waals surface area (Å²) in [4.78, 5) is 19.5. The van der Waals surface area contributed by atoms with Crippen LogP contribution < -0.4 is 14.2 Å². The molecule has 0 atom stereocenters. The summed E-state index contributed by atoms with van der Waals surface area (Å²) in [5.74, 6) is 1.81. The molecule has 0 spiro atoms. The SMILES string of the molecule is CCOc1ccc(C(=O)N2CCc3nc(OCCOC)ccc3C2)cc1OCC. The Hall–Kier alpha value is -2.80. The Morgan fingerprint density at radius 2 is 1.83 bits per heavy atom. The molecule has 29 heavy (non-hydrogen) atoms. The van der Waals surface area contributed by atoms with Crippen LogP contribution in [0.5, 0.6) is 17.4 Å². The zero-order valence-electron chi connectivity index (χ0n) is 17.3. The molecule has 1 amide bonds. The van der Waals surface area contributed by atoms with Crippen molar-refractivity contribution in [2.75, 3.05) is 40.1 Å². The molecule has 0 aliphatic carbocycles. The van der Waals surface area contributed by atoms with E-state index >= 15 is 0 Å². The van der Waals surface area contributed by atoms with Gasteiger partial charge in [-0.05, 0) is 37.6 Å². The van der Waals surface area contributed by atoms with E-state index < -0.39 is 0 Å². The molecule has 2 heterocycles. The summed E-state index contributed by atoms with van der Waals surface area (Å²) in [6.07, 6.45) is 0.692. The van der Waals surface area contributed by atoms with E-state index in [1.807, 2.05) is 30.9 Å². The number of hydrogen-bond acceptors (Lipinski definition) is 6. The molecule has 0 saturated carbocycles. The Balaban J connectivity index is 1.71. The number of methoxy groups -OCH3 is 1. The first-order chi connectivity index (χ1) is 14.2. The lowest BCUT2D eigenvalue weighted by molar-refractivity contribution is 0.0732. The normalized spacial score (nSPS) is 13.0. The first-order valence-electron chi connectivity index (χ1n) is 9.95. The van der Waals surface area contributed by atoms with Crippen LogP contribution in [0.1, 0.15) is 35.5 Å². The number of carbonyl (C=O) groups is 1. The van der Waals surface area contributed by atoms with Gasteiger partial charge in [-0.1, -0.05) is 6.07 Å². The fraction of sp³-hybridized carbons (Fsp3) is 0.455. The Kier molecular flexibility index (Phi) is 7.30. The molecular formula is C22H28N2O5. The summed E-state index contributed by atoms with van der Waals surface area (Å²) >= 11 is 0. The van der Waals surface area contributed by atoms with Crippen molar-refractivity contribution < 1.29 is 23.7 Å². The number of pyridine rings is 1. The number of carbonyl (C=O) groups excluding carboxylic acids is 1. The largest absolute Gasteiger partial charge is 0.490 e. The smallest absolute Gasteiger partial charge is 0.254 e. The van der Waals surface area contributed by atoms with Crippen molar-refractivity contribution in [3.63, 3.8) is 0 Å². The molecule has 7 heteroatoms. The minimum absolute atomic E-state index is 0.0277. The molecule has 1 aliphatic rings. The highest BCUT2D eigenvalue weighted by Crippen LogP contribution is 2.30. The fourth-order valence-electron chi connectivity index (χ4n) is 3.25. The highest BCUT2D eigenvalue weighted by atomic mass is 16.5. The Morgan fingerprint density at radius 3 is 2.59 bits per heavy atom. The molecule has 0 unspecified atom stereocenters. The predicted octanol–water partition coefficient (Wildman–Crippen LogP) is 3.10. The highest BCUT2D eigenvalue weighted by molar-refractivity contribution is 5.95. The van der Waals surface area contributed by atoms with Crippen LogP contribution in [0.3, 0.4) is 0 Å². The van der Waals surface area contributed by atoms with Crippen LogP contribution in [-0.2, 0) is 17.7 Å². The van der Waals surface area contributed by atoms with E-state index in [1.165, 1.54) is 0 Å². The van der Waals surface area contributed by atoms with Gasteiger partial charge in [0.05, 0.1) is 25.5 Å². The topological polar surface area (TPSA) is 70.1 Å². The van der Waals surface area contributed by atoms with Gasteiger partial charge in [0.15, 0.2) is 11.5 Å². The lowest BCUT2D eigenvalue weighted by atomic mass is 10.0. The fourth-order valence-corrected chi connectivity index (χ4v) is 3.25. The number of ether oxygens (including phenoxy) is 4. The van der Waals surface area contributed by atoms with Crippen molar-refractivity contribution in [2.45, 2.75) is 26.8 Å². The van der Waals surface area contributed by atoms with Gasteiger partial charge in [-0.2, -0.15) is 0 Å². The minimum Gasteiger partial charge on any atom is -0.490 e. The second-order valence-corrected chi connectivity index (χ2v) is 6.60. The second kappa shape index (κ2) is 10.1. The summed E-state index contributed by atoms with van der Waals surface area (Å²) in [5.41, 5.74) is 2.61. The van der Waals surface area contributed by atoms with E-state index in [1.54, 1.807) is 25.3 Å². The molecule has 7 nitrogen and oxygen atoms in total. The van der Waals surface area contributed by atoms with Crippen LogP contribution in [0.4, 0.5) is 0 Å². The van der Waals surface area contributed by atoms with Crippen LogP contribution in [0, 0.1) is 0 Å². The maximum atomic E-state index is 13.0. The van der Waals surface area contributed by atoms with E-state index in [4.69, 9.17) is 18.9 Å². The van der Waals surface area contributed by atoms with Gasteiger partial charge >= 0.3 is 0 Å². The van der Waals surface area contributed by atoms with Gasteiger partial charge < -0.3 is 23.8 Å². The van der Waals surface area contributed by atoms with Crippen molar-refractivity contribution in [3.8, 4) is 17.4 Å². The third kappa shape index (κ3) is 5.17. The zero-order chi connectivity index (χ0) is 20.6. The van der Waals surface area contributed by atoms with Gasteiger partial charge in [0, 0.05) is 38.2 Å². The maximum Gasteiger partial charge on any atom is 0.254 e. The number of amides is 1. The molecule has 0 bridgehead atoms. The number of rotatable bonds is 9. The van der Waals surface area contributed by atoms with Crippen molar-refractivity contribution in [1.29, 1.82) is 0 Å². The number of hydrogen-bond donors (Lipinski definition) is 0. The molecule has 0 fully saturated rings. The van der Waals surface area contributed by atoms with Crippen LogP contribution >= 0.6 is 0 Å². The average molecular weight is 400 g/mol. The number of benzene rings is 1. The summed E-state index contributed by atoms with van der Waals surface area (Å²) in [6, 6.07) is 9.17. The molecule has 1 aromatic heterocycles. The summed E-state index contributed by atoms with van der Waals surface area (Å²) < 4.78 is 21.8. The molecule has 3 rings (SSSR count). The minimum atomic E-state index is -0.0277. The molecule has 0 saturated heterocycles. The first-order valence-corrected chi connectivity index (χ1v) is 9.95. The zero-order valence-corrected chi connectivity index (χ0v) is 17.3. The molecular weight excluding hydrogens is 372 g/mol. The monoisotopic (exact) mass is 400 g/mol. The third-order valence-corrected chi connectivity index (χ3v) is 4.64. The van der Waals surface area contributed by atoms with E-state index in [-0.39, 0.29) is 5.91 Å². The van der Waals surface area contributed by atoms with E-state index in [0.717, 1.165) is 11.3 Å². The number of nitrogens with zero attached hydrogens (tertiary/aromatic N) is 2. The number of aromatic nitrogens is 1. The standard InChI is InChI=1S/C22H28N2O5/c1-4-27-19-8-6-16(14-20(19)28-5-2)22(25)24-11-10-18-17(15-24)7-9-21(23-18)29-13-12-26-3/h6-9,14H,4-5,10-13,15H2,1-3H3. The molecule has 1 aromatic carbocycles.